The van der Waals surface area contributed by atoms with Crippen molar-refractivity contribution in [2.24, 2.45) is 0 Å². The molecule has 0 aliphatic carbocycles. The predicted octanol–water partition coefficient (Wildman–Crippen LogP) is 23.3. The van der Waals surface area contributed by atoms with Crippen LogP contribution in [0.25, 0.3) is 0 Å². The van der Waals surface area contributed by atoms with Crippen LogP contribution in [-0.2, 0) is 55.8 Å². The summed E-state index contributed by atoms with van der Waals surface area (Å²) in [7, 11) is -9.79. The fraction of sp³-hybridized carbons (Fsp3) is 0.723. The van der Waals surface area contributed by atoms with Crippen LogP contribution < -0.4 is 0 Å². The van der Waals surface area contributed by atoms with Gasteiger partial charge in [-0.15, -0.1) is 0 Å². The molecule has 101 heavy (non-hydrogen) atoms. The quantitative estimate of drug-likeness (QED) is 0.0146. The molecule has 0 aromatic heterocycles. The Bertz CT molecular complexity index is 2320. The Morgan fingerprint density at radius 2 is 0.525 bits per heavy atom. The topological polar surface area (TPSA) is 231 Å². The molecule has 0 saturated heterocycles. The summed E-state index contributed by atoms with van der Waals surface area (Å²) in [5.41, 5.74) is 0. The Morgan fingerprint density at radius 1 is 0.287 bits per heavy atom. The zero-order valence-electron chi connectivity index (χ0n) is 63.5. The minimum Gasteiger partial charge on any atom is -0.463 e. The number of hydrogen-bond acceptors (Lipinski definition) is 14. The Balaban J connectivity index is 4.46. The van der Waals surface area contributed by atoms with Gasteiger partial charge in [-0.25, -0.2) is 9.13 Å². The number of hydrogen-bond donors (Lipinski definition) is 4. The summed E-state index contributed by atoms with van der Waals surface area (Å²) in [5.74, 6) is -1.60. The lowest BCUT2D eigenvalue weighted by molar-refractivity contribution is -0.161. The summed E-state index contributed by atoms with van der Waals surface area (Å²) >= 11 is 0. The summed E-state index contributed by atoms with van der Waals surface area (Å²) in [6.45, 7) is 2.51. The van der Waals surface area contributed by atoms with Gasteiger partial charge in [0.15, 0.2) is 6.10 Å². The molecule has 0 fully saturated rings. The highest BCUT2D eigenvalue weighted by Gasteiger charge is 2.29. The number of unbranched alkanes of at least 4 members (excludes halogenated alkanes) is 32. The molecule has 0 rings (SSSR count). The second-order valence-electron chi connectivity index (χ2n) is 26.5. The molecule has 5 unspecified atom stereocenters. The fourth-order valence-corrected chi connectivity index (χ4v) is 12.2. The van der Waals surface area contributed by atoms with Gasteiger partial charge in [0.25, 0.3) is 0 Å². The van der Waals surface area contributed by atoms with Crippen molar-refractivity contribution in [2.45, 2.75) is 347 Å². The molecule has 4 N–H and O–H groups in total. The third kappa shape index (κ3) is 76.9. The smallest absolute Gasteiger partial charge is 0.463 e. The van der Waals surface area contributed by atoms with Gasteiger partial charge < -0.3 is 34.2 Å². The van der Waals surface area contributed by atoms with E-state index in [2.05, 4.69) is 142 Å². The predicted molar refractivity (Wildman–Crippen MR) is 417 cm³/mol. The van der Waals surface area contributed by atoms with Gasteiger partial charge in [-0.3, -0.25) is 32.5 Å². The summed E-state index contributed by atoms with van der Waals surface area (Å²) in [6, 6.07) is 0. The first-order chi connectivity index (χ1) is 49.2. The van der Waals surface area contributed by atoms with Crippen LogP contribution in [-0.4, -0.2) is 95.9 Å². The maximum Gasteiger partial charge on any atom is 0.472 e. The number of rotatable bonds is 75. The molecule has 18 heteroatoms. The van der Waals surface area contributed by atoms with E-state index in [0.29, 0.717) is 19.3 Å². The summed E-state index contributed by atoms with van der Waals surface area (Å²) in [4.78, 5) is 58.6. The van der Waals surface area contributed by atoms with E-state index in [9.17, 15) is 43.5 Å². The van der Waals surface area contributed by atoms with Crippen molar-refractivity contribution in [2.75, 3.05) is 39.6 Å². The molecule has 0 aliphatic rings. The van der Waals surface area contributed by atoms with Gasteiger partial charge in [0.1, 0.15) is 25.4 Å². The van der Waals surface area contributed by atoms with E-state index in [0.717, 1.165) is 141 Å². The van der Waals surface area contributed by atoms with Gasteiger partial charge >= 0.3 is 33.6 Å². The van der Waals surface area contributed by atoms with E-state index in [1.54, 1.807) is 0 Å². The first-order valence-electron chi connectivity index (χ1n) is 39.8. The minimum atomic E-state index is -4.93. The van der Waals surface area contributed by atoms with Crippen molar-refractivity contribution in [3.63, 3.8) is 0 Å². The monoisotopic (exact) mass is 1460 g/mol. The first kappa shape index (κ1) is 97.0. The van der Waals surface area contributed by atoms with Gasteiger partial charge in [-0.05, 0) is 135 Å². The maximum absolute atomic E-state index is 12.9. The largest absolute Gasteiger partial charge is 0.472 e. The minimum absolute atomic E-state index is 0.0892. The van der Waals surface area contributed by atoms with Crippen molar-refractivity contribution < 1.29 is 75.8 Å². The van der Waals surface area contributed by atoms with E-state index >= 15 is 0 Å². The number of ether oxygens (including phenoxy) is 3. The Morgan fingerprint density at radius 3 is 0.861 bits per heavy atom. The molecule has 0 aromatic rings. The number of carbonyl (C=O) groups is 3. The van der Waals surface area contributed by atoms with E-state index in [-0.39, 0.29) is 19.3 Å². The molecule has 0 bridgehead atoms. The molecule has 0 aromatic carbocycles. The van der Waals surface area contributed by atoms with Crippen molar-refractivity contribution in [3.05, 3.63) is 122 Å². The zero-order chi connectivity index (χ0) is 73.7. The van der Waals surface area contributed by atoms with Crippen LogP contribution in [0.4, 0.5) is 0 Å². The normalized spacial score (nSPS) is 14.6. The highest BCUT2D eigenvalue weighted by molar-refractivity contribution is 7.47. The molecule has 0 spiro atoms. The molecule has 582 valence electrons. The molecular formula is C83H144O16P2. The average Bonchev–Trinajstić information content (AvgIpc) is 0.936. The molecule has 0 aliphatic heterocycles. The van der Waals surface area contributed by atoms with E-state index < -0.39 is 91.5 Å². The van der Waals surface area contributed by atoms with Crippen molar-refractivity contribution in [1.29, 1.82) is 0 Å². The summed E-state index contributed by atoms with van der Waals surface area (Å²) < 4.78 is 61.1. The maximum atomic E-state index is 12.9. The third-order valence-corrected chi connectivity index (χ3v) is 18.5. The average molecular weight is 1460 g/mol. The third-order valence-electron chi connectivity index (χ3n) is 16.6. The summed E-state index contributed by atoms with van der Waals surface area (Å²) in [5, 5.41) is 20.6. The number of phosphoric acid groups is 2. The van der Waals surface area contributed by atoms with Gasteiger partial charge in [-0.2, -0.15) is 0 Å². The van der Waals surface area contributed by atoms with E-state index in [1.807, 2.05) is 0 Å². The van der Waals surface area contributed by atoms with Gasteiger partial charge in [0.05, 0.1) is 26.4 Å². The number of phosphoric ester groups is 2. The first-order valence-corrected chi connectivity index (χ1v) is 42.8. The van der Waals surface area contributed by atoms with Crippen LogP contribution >= 0.6 is 15.6 Å². The molecular weight excluding hydrogens is 1310 g/mol. The molecule has 0 heterocycles. The second kappa shape index (κ2) is 75.6. The van der Waals surface area contributed by atoms with Crippen LogP contribution in [0.1, 0.15) is 329 Å². The second-order valence-corrected chi connectivity index (χ2v) is 29.4. The highest BCUT2D eigenvalue weighted by atomic mass is 31.2. The van der Waals surface area contributed by atoms with Gasteiger partial charge in [0.2, 0.25) is 0 Å². The van der Waals surface area contributed by atoms with E-state index in [1.165, 1.54) is 128 Å². The lowest BCUT2D eigenvalue weighted by Gasteiger charge is -2.21. The van der Waals surface area contributed by atoms with Crippen molar-refractivity contribution in [3.8, 4) is 0 Å². The Hall–Kier alpha value is -4.05. The number of aliphatic hydroxyl groups is 2. The number of aliphatic hydroxyl groups excluding tert-OH is 2. The van der Waals surface area contributed by atoms with Crippen molar-refractivity contribution >= 4 is 33.6 Å². The molecule has 0 amide bonds. The van der Waals surface area contributed by atoms with Crippen LogP contribution in [0, 0.1) is 0 Å². The molecule has 0 radical (unpaired) electrons. The fourth-order valence-electron chi connectivity index (χ4n) is 10.6. The van der Waals surface area contributed by atoms with Crippen LogP contribution in [0.3, 0.4) is 0 Å². The Labute approximate surface area is 614 Å². The number of esters is 3. The molecule has 5 atom stereocenters. The zero-order valence-corrected chi connectivity index (χ0v) is 65.3. The standard InChI is InChI=1S/C83H144O16P2/c1-4-7-10-13-16-19-22-25-27-29-31-33-34-35-36-37-38-39-40-41-42-44-46-47-49-52-54-57-60-63-66-69-81(86)93-72-78(84)73-95-100(89,90)96-74-79(85)75-97-101(91,92)98-77-80(99-83(88)71-68-65-62-59-56-51-24-21-18-15-12-9-6-3)76-94-82(87)70-67-64-61-58-55-53-50-48-45-43-32-30-28-26-23-20-17-14-11-8-5-2/h7,10,16-17,19-21,24-28,31-33,35-36,43,48,50,78-80,84-85H,4-6,8-9,11-15,18,22-23,29-30,34,37-42,44-47,49,51-77H2,1-3H3,(H,89,90)(H,91,92)/b10-7-,19-16-,20-17-,24-21-,27-25-,28-26-,33-31-,36-35-,43-32-,50-48-. The lowest BCUT2D eigenvalue weighted by atomic mass is 10.0. The van der Waals surface area contributed by atoms with Crippen LogP contribution in [0.5, 0.6) is 0 Å². The summed E-state index contributed by atoms with van der Waals surface area (Å²) in [6.07, 6.45) is 89.7. The highest BCUT2D eigenvalue weighted by Crippen LogP contribution is 2.45. The SMILES string of the molecule is CC/C=C\C/C=C\C/C=C\C/C=C\C/C=C\CCCCCCCCCCCCCCCCCC(=O)OCC(O)COP(=O)(O)OCC(O)COP(=O)(O)OCC(COC(=O)CCCCCCC/C=C\C/C=C\C/C=C\C/C=C\CCCCC)OC(=O)CCCCCCC/C=C\CCCCCC. The molecule has 16 nitrogen and oxygen atoms in total. The van der Waals surface area contributed by atoms with Crippen molar-refractivity contribution in [1.82, 2.24) is 0 Å². The Kier molecular flexibility index (Phi) is 72.6. The molecule has 0 saturated carbocycles. The number of allylic oxidation sites excluding steroid dienone is 20. The lowest BCUT2D eigenvalue weighted by Crippen LogP contribution is -2.30. The van der Waals surface area contributed by atoms with E-state index in [4.69, 9.17) is 32.3 Å². The van der Waals surface area contributed by atoms with Gasteiger partial charge in [0, 0.05) is 19.3 Å². The van der Waals surface area contributed by atoms with Crippen LogP contribution in [0.2, 0.25) is 0 Å². The van der Waals surface area contributed by atoms with Crippen LogP contribution in [0.15, 0.2) is 122 Å². The number of carbonyl (C=O) groups excluding carboxylic acids is 3. The van der Waals surface area contributed by atoms with Gasteiger partial charge in [-0.1, -0.05) is 296 Å².